The van der Waals surface area contributed by atoms with Crippen LogP contribution in [0.3, 0.4) is 0 Å². The Bertz CT molecular complexity index is 820. The lowest BCUT2D eigenvalue weighted by Gasteiger charge is -2.35. The molecule has 1 saturated heterocycles. The topological polar surface area (TPSA) is 88.3 Å². The van der Waals surface area contributed by atoms with Crippen molar-refractivity contribution in [3.8, 4) is 0 Å². The smallest absolute Gasteiger partial charge is 0.313 e. The second kappa shape index (κ2) is 7.56. The number of hydrogen-bond acceptors (Lipinski definition) is 4. The number of nitrogens with one attached hydrogen (secondary N) is 1. The van der Waals surface area contributed by atoms with E-state index in [4.69, 9.17) is 5.73 Å². The van der Waals surface area contributed by atoms with Crippen molar-refractivity contribution in [1.29, 1.82) is 0 Å². The predicted octanol–water partition coefficient (Wildman–Crippen LogP) is 2.97. The Hall–Kier alpha value is -2.89. The van der Waals surface area contributed by atoms with E-state index in [1.807, 2.05) is 44.2 Å². The number of nitrogen functional groups attached to an aromatic ring is 1. The summed E-state index contributed by atoms with van der Waals surface area (Å²) in [7, 11) is 0. The van der Waals surface area contributed by atoms with E-state index in [0.717, 1.165) is 36.0 Å². The van der Waals surface area contributed by atoms with Crippen LogP contribution in [0.15, 0.2) is 36.5 Å². The molecule has 136 valence electrons. The van der Waals surface area contributed by atoms with Gasteiger partial charge in [0.25, 0.3) is 0 Å². The molecule has 2 amide bonds. The number of rotatable bonds is 2. The van der Waals surface area contributed by atoms with Gasteiger partial charge in [0.05, 0.1) is 17.9 Å². The summed E-state index contributed by atoms with van der Waals surface area (Å²) in [5.41, 5.74) is 8.98. The molecule has 6 heteroatoms. The number of nitrogens with two attached hydrogens (primary N) is 1. The van der Waals surface area contributed by atoms with E-state index in [0.29, 0.717) is 18.1 Å². The van der Waals surface area contributed by atoms with Crippen LogP contribution in [0.5, 0.6) is 0 Å². The van der Waals surface area contributed by atoms with Crippen LogP contribution in [-0.4, -0.2) is 28.2 Å². The van der Waals surface area contributed by atoms with Crippen LogP contribution in [0.1, 0.15) is 42.0 Å². The van der Waals surface area contributed by atoms with Gasteiger partial charge in [-0.3, -0.25) is 9.59 Å². The highest BCUT2D eigenvalue weighted by atomic mass is 16.2. The van der Waals surface area contributed by atoms with Crippen molar-refractivity contribution >= 4 is 23.3 Å². The number of benzene rings is 1. The molecule has 0 unspecified atom stereocenters. The highest BCUT2D eigenvalue weighted by Gasteiger charge is 2.31. The molecule has 6 nitrogen and oxygen atoms in total. The van der Waals surface area contributed by atoms with Gasteiger partial charge in [-0.15, -0.1) is 0 Å². The van der Waals surface area contributed by atoms with Crippen LogP contribution in [0.25, 0.3) is 0 Å². The number of hydrogen-bond donors (Lipinski definition) is 2. The fourth-order valence-corrected chi connectivity index (χ4v) is 3.35. The third kappa shape index (κ3) is 3.54. The summed E-state index contributed by atoms with van der Waals surface area (Å²) in [6.45, 7) is 4.27. The van der Waals surface area contributed by atoms with Crippen LogP contribution in [0.4, 0.5) is 11.5 Å². The molecule has 1 aliphatic rings. The van der Waals surface area contributed by atoms with Gasteiger partial charge in [0.1, 0.15) is 5.82 Å². The van der Waals surface area contributed by atoms with Gasteiger partial charge in [-0.2, -0.15) is 0 Å². The molecule has 3 N–H and O–H groups in total. The Morgan fingerprint density at radius 1 is 1.15 bits per heavy atom. The van der Waals surface area contributed by atoms with Gasteiger partial charge in [-0.1, -0.05) is 30.3 Å². The molecule has 1 atom stereocenters. The first-order chi connectivity index (χ1) is 12.5. The highest BCUT2D eigenvalue weighted by Crippen LogP contribution is 2.31. The minimum Gasteiger partial charge on any atom is -0.383 e. The summed E-state index contributed by atoms with van der Waals surface area (Å²) in [6, 6.07) is 9.81. The molecule has 1 fully saturated rings. The second-order valence-electron chi connectivity index (χ2n) is 6.68. The number of nitrogens with zero attached hydrogens (tertiary/aromatic N) is 2. The minimum absolute atomic E-state index is 0.0597. The summed E-state index contributed by atoms with van der Waals surface area (Å²) in [5, 5.41) is 2.70. The highest BCUT2D eigenvalue weighted by molar-refractivity contribution is 6.39. The van der Waals surface area contributed by atoms with Crippen molar-refractivity contribution in [2.45, 2.75) is 39.2 Å². The zero-order valence-corrected chi connectivity index (χ0v) is 15.2. The summed E-state index contributed by atoms with van der Waals surface area (Å²) < 4.78 is 0. The van der Waals surface area contributed by atoms with Crippen LogP contribution >= 0.6 is 0 Å². The molecule has 1 aliphatic heterocycles. The number of aromatic nitrogens is 1. The number of amides is 2. The Balaban J connectivity index is 1.79. The molecule has 0 aliphatic carbocycles. The third-order valence-electron chi connectivity index (χ3n) is 5.07. The van der Waals surface area contributed by atoms with Gasteiger partial charge in [0.15, 0.2) is 0 Å². The number of carbonyl (C=O) groups is 2. The van der Waals surface area contributed by atoms with Gasteiger partial charge in [-0.25, -0.2) is 4.98 Å². The van der Waals surface area contributed by atoms with E-state index in [-0.39, 0.29) is 6.04 Å². The monoisotopic (exact) mass is 352 g/mol. The van der Waals surface area contributed by atoms with Crippen molar-refractivity contribution in [3.63, 3.8) is 0 Å². The van der Waals surface area contributed by atoms with E-state index >= 15 is 0 Å². The normalized spacial score (nSPS) is 17.0. The molecule has 2 aromatic rings. The first kappa shape index (κ1) is 17.9. The second-order valence-corrected chi connectivity index (χ2v) is 6.68. The summed E-state index contributed by atoms with van der Waals surface area (Å²) in [6.07, 6.45) is 4.31. The van der Waals surface area contributed by atoms with Gasteiger partial charge < -0.3 is 16.0 Å². The maximum atomic E-state index is 12.8. The van der Waals surface area contributed by atoms with Crippen molar-refractivity contribution < 1.29 is 9.59 Å². The predicted molar refractivity (Wildman–Crippen MR) is 102 cm³/mol. The van der Waals surface area contributed by atoms with Crippen molar-refractivity contribution in [1.82, 2.24) is 9.88 Å². The zero-order valence-electron chi connectivity index (χ0n) is 15.2. The first-order valence-electron chi connectivity index (χ1n) is 8.87. The van der Waals surface area contributed by atoms with E-state index in [1.54, 1.807) is 4.90 Å². The third-order valence-corrected chi connectivity index (χ3v) is 5.07. The molecule has 0 bridgehead atoms. The molecule has 0 saturated carbocycles. The van der Waals surface area contributed by atoms with Crippen molar-refractivity contribution in [2.24, 2.45) is 0 Å². The summed E-state index contributed by atoms with van der Waals surface area (Å²) >= 11 is 0. The average Bonchev–Trinajstić information content (AvgIpc) is 2.68. The molecule has 26 heavy (non-hydrogen) atoms. The molecular formula is C20H24N4O2. The Labute approximate surface area is 153 Å². The molecule has 0 spiro atoms. The first-order valence-corrected chi connectivity index (χ1v) is 8.87. The van der Waals surface area contributed by atoms with Crippen LogP contribution in [0.2, 0.25) is 0 Å². The van der Waals surface area contributed by atoms with Gasteiger partial charge in [0.2, 0.25) is 0 Å². The molecule has 1 aromatic heterocycles. The summed E-state index contributed by atoms with van der Waals surface area (Å²) in [4.78, 5) is 31.1. The van der Waals surface area contributed by atoms with E-state index in [9.17, 15) is 9.59 Å². The maximum Gasteiger partial charge on any atom is 0.313 e. The Morgan fingerprint density at radius 2 is 1.88 bits per heavy atom. The van der Waals surface area contributed by atoms with Crippen LogP contribution < -0.4 is 11.1 Å². The quantitative estimate of drug-likeness (QED) is 0.813. The van der Waals surface area contributed by atoms with Gasteiger partial charge in [0, 0.05) is 6.54 Å². The molecule has 3 rings (SSSR count). The minimum atomic E-state index is -0.637. The number of pyridine rings is 1. The lowest BCUT2D eigenvalue weighted by Crippen LogP contribution is -2.44. The van der Waals surface area contributed by atoms with Crippen LogP contribution in [0, 0.1) is 13.8 Å². The van der Waals surface area contributed by atoms with E-state index in [1.165, 1.54) is 6.20 Å². The average molecular weight is 352 g/mol. The lowest BCUT2D eigenvalue weighted by atomic mass is 9.95. The van der Waals surface area contributed by atoms with E-state index < -0.39 is 11.8 Å². The number of likely N-dealkylation sites (tertiary alicyclic amines) is 1. The van der Waals surface area contributed by atoms with E-state index in [2.05, 4.69) is 10.3 Å². The fourth-order valence-electron chi connectivity index (χ4n) is 3.35. The van der Waals surface area contributed by atoms with Crippen molar-refractivity contribution in [2.75, 3.05) is 17.6 Å². The Kier molecular flexibility index (Phi) is 5.21. The number of anilines is 2. The molecule has 1 aromatic carbocycles. The molecule has 0 radical (unpaired) electrons. The zero-order chi connectivity index (χ0) is 18.7. The lowest BCUT2D eigenvalue weighted by molar-refractivity contribution is -0.145. The molecule has 2 heterocycles. The fraction of sp³-hybridized carbons (Fsp3) is 0.350. The van der Waals surface area contributed by atoms with Gasteiger partial charge in [-0.05, 0) is 49.8 Å². The maximum absolute atomic E-state index is 12.8. The van der Waals surface area contributed by atoms with Crippen LogP contribution in [-0.2, 0) is 9.59 Å². The standard InChI is InChI=1S/C20H24N4O2/c1-13-14(2)18(21)22-12-16(13)23-19(25)20(26)24-11-7-6-10-17(24)15-8-4-3-5-9-15/h3-5,8-9,12,17H,6-7,10-11H2,1-2H3,(H2,21,22)(H,23,25)/t17-/m0/s1. The molecular weight excluding hydrogens is 328 g/mol. The largest absolute Gasteiger partial charge is 0.383 e. The Morgan fingerprint density at radius 3 is 2.62 bits per heavy atom. The SMILES string of the molecule is Cc1c(NC(=O)C(=O)N2CCCC[C@H]2c2ccccc2)cnc(N)c1C. The van der Waals surface area contributed by atoms with Gasteiger partial charge >= 0.3 is 11.8 Å². The summed E-state index contributed by atoms with van der Waals surface area (Å²) in [5.74, 6) is -0.721. The van der Waals surface area contributed by atoms with Crippen molar-refractivity contribution in [3.05, 3.63) is 53.2 Å². The number of piperidine rings is 1. The number of carbonyl (C=O) groups excluding carboxylic acids is 2.